The Labute approximate surface area is 133 Å². The first kappa shape index (κ1) is 15.6. The molecule has 0 radical (unpaired) electrons. The minimum atomic E-state index is -0.284. The van der Waals surface area contributed by atoms with E-state index in [2.05, 4.69) is 22.0 Å². The molecule has 0 aliphatic carbocycles. The molecule has 21 heavy (non-hydrogen) atoms. The van der Waals surface area contributed by atoms with Gasteiger partial charge in [0.05, 0.1) is 11.6 Å². The van der Waals surface area contributed by atoms with Crippen molar-refractivity contribution in [2.24, 2.45) is 5.73 Å². The Morgan fingerprint density at radius 2 is 1.95 bits per heavy atom. The van der Waals surface area contributed by atoms with Crippen LogP contribution in [0.2, 0.25) is 0 Å². The van der Waals surface area contributed by atoms with E-state index < -0.39 is 0 Å². The summed E-state index contributed by atoms with van der Waals surface area (Å²) in [5.74, 6) is 0.687. The second-order valence-electron chi connectivity index (χ2n) is 5.01. The van der Waals surface area contributed by atoms with Gasteiger partial charge in [-0.2, -0.15) is 5.26 Å². The summed E-state index contributed by atoms with van der Waals surface area (Å²) in [7, 11) is 0. The smallest absolute Gasteiger partial charge is 0.140 e. The summed E-state index contributed by atoms with van der Waals surface area (Å²) in [6.07, 6.45) is -0.284. The van der Waals surface area contributed by atoms with Gasteiger partial charge in [0, 0.05) is 16.1 Å². The lowest BCUT2D eigenvalue weighted by atomic mass is 10.0. The van der Waals surface area contributed by atoms with Crippen LogP contribution in [0.15, 0.2) is 46.9 Å². The quantitative estimate of drug-likeness (QED) is 0.908. The van der Waals surface area contributed by atoms with Crippen molar-refractivity contribution in [3.8, 4) is 11.8 Å². The second kappa shape index (κ2) is 6.75. The highest BCUT2D eigenvalue weighted by molar-refractivity contribution is 9.10. The lowest BCUT2D eigenvalue weighted by Gasteiger charge is -2.25. The standard InChI is InChI=1S/C17H17BrN2O/c1-11-7-8-13(10-19)9-16(11)21-17(12(2)20)14-5-3-4-6-15(14)18/h3-9,12,17H,20H2,1-2H3. The molecule has 2 N–H and O–H groups in total. The Balaban J connectivity index is 2.38. The number of rotatable bonds is 4. The maximum absolute atomic E-state index is 9.02. The van der Waals surface area contributed by atoms with Gasteiger partial charge in [0.1, 0.15) is 11.9 Å². The molecule has 0 heterocycles. The molecule has 3 nitrogen and oxygen atoms in total. The Bertz CT molecular complexity index is 677. The van der Waals surface area contributed by atoms with Gasteiger partial charge in [-0.15, -0.1) is 0 Å². The van der Waals surface area contributed by atoms with E-state index in [0.29, 0.717) is 11.3 Å². The maximum atomic E-state index is 9.02. The molecule has 4 heteroatoms. The van der Waals surface area contributed by atoms with E-state index in [1.54, 1.807) is 12.1 Å². The Morgan fingerprint density at radius 3 is 2.57 bits per heavy atom. The van der Waals surface area contributed by atoms with Crippen LogP contribution in [0.25, 0.3) is 0 Å². The third-order valence-electron chi connectivity index (χ3n) is 3.26. The van der Waals surface area contributed by atoms with Gasteiger partial charge in [0.2, 0.25) is 0 Å². The van der Waals surface area contributed by atoms with Crippen LogP contribution in [0.3, 0.4) is 0 Å². The molecule has 2 unspecified atom stereocenters. The third-order valence-corrected chi connectivity index (χ3v) is 3.98. The van der Waals surface area contributed by atoms with Crippen LogP contribution in [-0.2, 0) is 0 Å². The molecule has 0 aliphatic rings. The van der Waals surface area contributed by atoms with Crippen LogP contribution in [0.4, 0.5) is 0 Å². The molecule has 0 saturated heterocycles. The Hall–Kier alpha value is -1.83. The molecule has 2 atom stereocenters. The van der Waals surface area contributed by atoms with Crippen molar-refractivity contribution in [2.45, 2.75) is 26.0 Å². The molecule has 2 rings (SSSR count). The molecular formula is C17H17BrN2O. The number of nitriles is 1. The molecule has 2 aromatic carbocycles. The number of halogens is 1. The number of aryl methyl sites for hydroxylation is 1. The molecule has 2 aromatic rings. The highest BCUT2D eigenvalue weighted by atomic mass is 79.9. The van der Waals surface area contributed by atoms with Gasteiger partial charge in [-0.3, -0.25) is 0 Å². The average molecular weight is 345 g/mol. The molecule has 108 valence electrons. The second-order valence-corrected chi connectivity index (χ2v) is 5.87. The van der Waals surface area contributed by atoms with E-state index in [1.165, 1.54) is 0 Å². The first-order valence-corrected chi connectivity index (χ1v) is 7.49. The van der Waals surface area contributed by atoms with Gasteiger partial charge in [0.25, 0.3) is 0 Å². The molecule has 0 bridgehead atoms. The highest BCUT2D eigenvalue weighted by Crippen LogP contribution is 2.31. The normalized spacial score (nSPS) is 13.3. The average Bonchev–Trinajstić information content (AvgIpc) is 2.47. The van der Waals surface area contributed by atoms with E-state index in [4.69, 9.17) is 15.7 Å². The SMILES string of the molecule is Cc1ccc(C#N)cc1OC(c1ccccc1Br)C(C)N. The van der Waals surface area contributed by atoms with E-state index in [0.717, 1.165) is 15.6 Å². The van der Waals surface area contributed by atoms with Gasteiger partial charge < -0.3 is 10.5 Å². The Kier molecular flexibility index (Phi) is 5.00. The number of benzene rings is 2. The van der Waals surface area contributed by atoms with Crippen LogP contribution in [0.1, 0.15) is 29.7 Å². The van der Waals surface area contributed by atoms with E-state index in [-0.39, 0.29) is 12.1 Å². The summed E-state index contributed by atoms with van der Waals surface area (Å²) in [5, 5.41) is 9.02. The zero-order chi connectivity index (χ0) is 15.4. The number of ether oxygens (including phenoxy) is 1. The van der Waals surface area contributed by atoms with Gasteiger partial charge in [-0.1, -0.05) is 40.2 Å². The molecule has 0 aromatic heterocycles. The lowest BCUT2D eigenvalue weighted by Crippen LogP contribution is -2.29. The zero-order valence-electron chi connectivity index (χ0n) is 12.0. The highest BCUT2D eigenvalue weighted by Gasteiger charge is 2.21. The molecule has 0 aliphatic heterocycles. The summed E-state index contributed by atoms with van der Waals surface area (Å²) < 4.78 is 7.07. The number of hydrogen-bond donors (Lipinski definition) is 1. The summed E-state index contributed by atoms with van der Waals surface area (Å²) in [6.45, 7) is 3.86. The molecule has 0 spiro atoms. The van der Waals surface area contributed by atoms with Crippen molar-refractivity contribution in [3.05, 3.63) is 63.6 Å². The predicted octanol–water partition coefficient (Wildman–Crippen LogP) is 4.10. The van der Waals surface area contributed by atoms with E-state index in [1.807, 2.05) is 44.2 Å². The fourth-order valence-electron chi connectivity index (χ4n) is 2.09. The van der Waals surface area contributed by atoms with Gasteiger partial charge >= 0.3 is 0 Å². The van der Waals surface area contributed by atoms with Crippen LogP contribution in [0.5, 0.6) is 5.75 Å². The van der Waals surface area contributed by atoms with Crippen molar-refractivity contribution in [2.75, 3.05) is 0 Å². The lowest BCUT2D eigenvalue weighted by molar-refractivity contribution is 0.178. The van der Waals surface area contributed by atoms with Crippen LogP contribution in [-0.4, -0.2) is 6.04 Å². The van der Waals surface area contributed by atoms with E-state index >= 15 is 0 Å². The van der Waals surface area contributed by atoms with Gasteiger partial charge in [0.15, 0.2) is 0 Å². The van der Waals surface area contributed by atoms with Gasteiger partial charge in [-0.25, -0.2) is 0 Å². The predicted molar refractivity (Wildman–Crippen MR) is 87.1 cm³/mol. The van der Waals surface area contributed by atoms with Crippen molar-refractivity contribution in [3.63, 3.8) is 0 Å². The molecule has 0 saturated carbocycles. The summed E-state index contributed by atoms with van der Waals surface area (Å²) in [6, 6.07) is 15.2. The summed E-state index contributed by atoms with van der Waals surface area (Å²) >= 11 is 3.54. The molecule has 0 fully saturated rings. The fraction of sp³-hybridized carbons (Fsp3) is 0.235. The monoisotopic (exact) mass is 344 g/mol. The van der Waals surface area contributed by atoms with Crippen LogP contribution in [0, 0.1) is 18.3 Å². The first-order chi connectivity index (χ1) is 10.0. The number of nitrogens with two attached hydrogens (primary N) is 1. The topological polar surface area (TPSA) is 59.0 Å². The number of hydrogen-bond acceptors (Lipinski definition) is 3. The molecule has 0 amide bonds. The van der Waals surface area contributed by atoms with Crippen LogP contribution < -0.4 is 10.5 Å². The van der Waals surface area contributed by atoms with Crippen molar-refractivity contribution in [1.29, 1.82) is 5.26 Å². The third kappa shape index (κ3) is 3.63. The van der Waals surface area contributed by atoms with Crippen LogP contribution >= 0.6 is 15.9 Å². The van der Waals surface area contributed by atoms with Gasteiger partial charge in [-0.05, 0) is 37.6 Å². The minimum absolute atomic E-state index is 0.186. The minimum Gasteiger partial charge on any atom is -0.484 e. The zero-order valence-corrected chi connectivity index (χ0v) is 13.6. The summed E-state index contributed by atoms with van der Waals surface area (Å²) in [5.41, 5.74) is 8.64. The van der Waals surface area contributed by atoms with Crippen molar-refractivity contribution >= 4 is 15.9 Å². The largest absolute Gasteiger partial charge is 0.484 e. The van der Waals surface area contributed by atoms with E-state index in [9.17, 15) is 0 Å². The molecular weight excluding hydrogens is 328 g/mol. The first-order valence-electron chi connectivity index (χ1n) is 6.70. The van der Waals surface area contributed by atoms with Crippen molar-refractivity contribution < 1.29 is 4.74 Å². The van der Waals surface area contributed by atoms with Crippen molar-refractivity contribution in [1.82, 2.24) is 0 Å². The summed E-state index contributed by atoms with van der Waals surface area (Å²) in [4.78, 5) is 0. The maximum Gasteiger partial charge on any atom is 0.140 e. The fourth-order valence-corrected chi connectivity index (χ4v) is 2.60. The number of nitrogens with zero attached hydrogens (tertiary/aromatic N) is 1. The Morgan fingerprint density at radius 1 is 1.24 bits per heavy atom.